The van der Waals surface area contributed by atoms with Crippen molar-refractivity contribution in [2.24, 2.45) is 0 Å². The van der Waals surface area contributed by atoms with Crippen molar-refractivity contribution in [3.8, 4) is 11.5 Å². The molecular weight excluding hydrogens is 173 g/mol. The van der Waals surface area contributed by atoms with E-state index < -0.39 is 6.01 Å². The zero-order valence-electron chi connectivity index (χ0n) is 6.57. The lowest BCUT2D eigenvalue weighted by Gasteiger charge is -1.95. The lowest BCUT2D eigenvalue weighted by atomic mass is 10.3. The first-order valence-corrected chi connectivity index (χ1v) is 3.60. The highest BCUT2D eigenvalue weighted by Gasteiger charge is 2.05. The van der Waals surface area contributed by atoms with Crippen LogP contribution in [0.4, 0.5) is 10.3 Å². The number of nitrogens with zero attached hydrogens (tertiary/aromatic N) is 2. The fourth-order valence-corrected chi connectivity index (χ4v) is 0.963. The maximum Gasteiger partial charge on any atom is 0.278 e. The summed E-state index contributed by atoms with van der Waals surface area (Å²) in [5.74, 6) is 0.473. The number of furan rings is 1. The minimum Gasteiger partial charge on any atom is -0.429 e. The van der Waals surface area contributed by atoms with E-state index in [-0.39, 0.29) is 5.95 Å². The van der Waals surface area contributed by atoms with Crippen molar-refractivity contribution in [2.45, 2.75) is 0 Å². The number of aromatic nitrogens is 2. The summed E-state index contributed by atoms with van der Waals surface area (Å²) < 4.78 is 17.2. The first kappa shape index (κ1) is 7.72. The fraction of sp³-hybridized carbons (Fsp3) is 0. The first-order chi connectivity index (χ1) is 6.25. The number of nitrogens with two attached hydrogens (primary N) is 1. The summed E-state index contributed by atoms with van der Waals surface area (Å²) in [5, 5.41) is 0. The van der Waals surface area contributed by atoms with Crippen molar-refractivity contribution < 1.29 is 8.81 Å². The standard InChI is InChI=1S/C8H6FN3O/c9-7-2-1-6(13-7)5-3-4-11-8(10)12-5/h1-4H,(H2,10,11,12). The average Bonchev–Trinajstić information content (AvgIpc) is 2.52. The smallest absolute Gasteiger partial charge is 0.278 e. The van der Waals surface area contributed by atoms with E-state index >= 15 is 0 Å². The van der Waals surface area contributed by atoms with Crippen molar-refractivity contribution in [3.63, 3.8) is 0 Å². The molecule has 0 bridgehead atoms. The van der Waals surface area contributed by atoms with E-state index in [0.717, 1.165) is 0 Å². The molecule has 2 heterocycles. The van der Waals surface area contributed by atoms with Crippen LogP contribution in [0.2, 0.25) is 0 Å². The molecule has 2 aromatic rings. The van der Waals surface area contributed by atoms with Gasteiger partial charge in [0.2, 0.25) is 5.95 Å². The molecule has 13 heavy (non-hydrogen) atoms. The van der Waals surface area contributed by atoms with Gasteiger partial charge in [-0.15, -0.1) is 0 Å². The van der Waals surface area contributed by atoms with E-state index in [2.05, 4.69) is 9.97 Å². The molecule has 2 aromatic heterocycles. The Morgan fingerprint density at radius 3 is 2.77 bits per heavy atom. The van der Waals surface area contributed by atoms with Crippen molar-refractivity contribution in [2.75, 3.05) is 5.73 Å². The normalized spacial score (nSPS) is 10.2. The van der Waals surface area contributed by atoms with Crippen molar-refractivity contribution in [1.82, 2.24) is 9.97 Å². The molecule has 0 aromatic carbocycles. The minimum absolute atomic E-state index is 0.134. The van der Waals surface area contributed by atoms with E-state index in [0.29, 0.717) is 11.5 Å². The van der Waals surface area contributed by atoms with Crippen molar-refractivity contribution >= 4 is 5.95 Å². The molecule has 2 rings (SSSR count). The molecule has 0 fully saturated rings. The van der Waals surface area contributed by atoms with Gasteiger partial charge in [0.25, 0.3) is 6.01 Å². The predicted molar refractivity (Wildman–Crippen MR) is 44.1 cm³/mol. The van der Waals surface area contributed by atoms with Crippen LogP contribution >= 0.6 is 0 Å². The molecule has 0 aliphatic carbocycles. The summed E-state index contributed by atoms with van der Waals surface area (Å²) in [4.78, 5) is 7.57. The maximum absolute atomic E-state index is 12.5. The lowest BCUT2D eigenvalue weighted by Crippen LogP contribution is -1.94. The van der Waals surface area contributed by atoms with Crippen LogP contribution in [0.1, 0.15) is 0 Å². The largest absolute Gasteiger partial charge is 0.429 e. The van der Waals surface area contributed by atoms with Crippen LogP contribution in [0.3, 0.4) is 0 Å². The fourth-order valence-electron chi connectivity index (χ4n) is 0.963. The second-order valence-electron chi connectivity index (χ2n) is 2.40. The highest BCUT2D eigenvalue weighted by Crippen LogP contribution is 2.18. The second-order valence-corrected chi connectivity index (χ2v) is 2.40. The van der Waals surface area contributed by atoms with Crippen LogP contribution in [0, 0.1) is 6.01 Å². The van der Waals surface area contributed by atoms with Gasteiger partial charge in [0, 0.05) is 12.3 Å². The van der Waals surface area contributed by atoms with Gasteiger partial charge < -0.3 is 10.2 Å². The van der Waals surface area contributed by atoms with Crippen LogP contribution < -0.4 is 5.73 Å². The molecule has 0 unspecified atom stereocenters. The van der Waals surface area contributed by atoms with Crippen molar-refractivity contribution in [1.29, 1.82) is 0 Å². The van der Waals surface area contributed by atoms with Gasteiger partial charge in [-0.05, 0) is 12.1 Å². The SMILES string of the molecule is Nc1nccc(-c2ccc(F)o2)n1. The Bertz CT molecular complexity index is 427. The average molecular weight is 179 g/mol. The van der Waals surface area contributed by atoms with E-state index in [1.165, 1.54) is 18.3 Å². The van der Waals surface area contributed by atoms with Crippen molar-refractivity contribution in [3.05, 3.63) is 30.4 Å². The van der Waals surface area contributed by atoms with Gasteiger partial charge in [-0.2, -0.15) is 4.39 Å². The summed E-state index contributed by atoms with van der Waals surface area (Å²) >= 11 is 0. The van der Waals surface area contributed by atoms with Gasteiger partial charge in [0.1, 0.15) is 5.69 Å². The van der Waals surface area contributed by atoms with E-state index in [1.54, 1.807) is 6.07 Å². The van der Waals surface area contributed by atoms with Gasteiger partial charge in [0.15, 0.2) is 5.76 Å². The summed E-state index contributed by atoms with van der Waals surface area (Å²) in [7, 11) is 0. The van der Waals surface area contributed by atoms with E-state index in [4.69, 9.17) is 10.2 Å². The molecule has 0 saturated carbocycles. The molecule has 0 saturated heterocycles. The Hall–Kier alpha value is -1.91. The zero-order valence-corrected chi connectivity index (χ0v) is 6.57. The number of anilines is 1. The lowest BCUT2D eigenvalue weighted by molar-refractivity contribution is 0.366. The summed E-state index contributed by atoms with van der Waals surface area (Å²) in [6, 6.07) is 3.64. The Balaban J connectivity index is 2.46. The second kappa shape index (κ2) is 2.85. The van der Waals surface area contributed by atoms with Crippen LogP contribution in [0.15, 0.2) is 28.8 Å². The molecule has 0 aliphatic heterocycles. The number of hydrogen-bond acceptors (Lipinski definition) is 4. The highest BCUT2D eigenvalue weighted by molar-refractivity contribution is 5.52. The number of rotatable bonds is 1. The van der Waals surface area contributed by atoms with Gasteiger partial charge in [-0.1, -0.05) is 0 Å². The summed E-state index contributed by atoms with van der Waals surface area (Å²) in [6.07, 6.45) is 1.48. The van der Waals surface area contributed by atoms with Gasteiger partial charge in [0.05, 0.1) is 0 Å². The van der Waals surface area contributed by atoms with Crippen LogP contribution in [0.5, 0.6) is 0 Å². The molecule has 0 spiro atoms. The van der Waals surface area contributed by atoms with E-state index in [1.807, 2.05) is 0 Å². The summed E-state index contributed by atoms with van der Waals surface area (Å²) in [6.45, 7) is 0. The topological polar surface area (TPSA) is 64.9 Å². The quantitative estimate of drug-likeness (QED) is 0.719. The predicted octanol–water partition coefficient (Wildman–Crippen LogP) is 1.46. The Morgan fingerprint density at radius 2 is 2.15 bits per heavy atom. The maximum atomic E-state index is 12.5. The van der Waals surface area contributed by atoms with Crippen LogP contribution in [0.25, 0.3) is 11.5 Å². The Labute approximate surface area is 73.2 Å². The third kappa shape index (κ3) is 1.48. The van der Waals surface area contributed by atoms with Gasteiger partial charge in [-0.25, -0.2) is 9.97 Å². The third-order valence-electron chi connectivity index (χ3n) is 1.50. The van der Waals surface area contributed by atoms with Gasteiger partial charge >= 0.3 is 0 Å². The molecule has 66 valence electrons. The van der Waals surface area contributed by atoms with Crippen LogP contribution in [-0.2, 0) is 0 Å². The Kier molecular flexibility index (Phi) is 1.70. The molecule has 0 aliphatic rings. The molecule has 0 radical (unpaired) electrons. The molecule has 2 N–H and O–H groups in total. The highest BCUT2D eigenvalue weighted by atomic mass is 19.1. The molecule has 4 nitrogen and oxygen atoms in total. The van der Waals surface area contributed by atoms with Crippen LogP contribution in [-0.4, -0.2) is 9.97 Å². The third-order valence-corrected chi connectivity index (χ3v) is 1.50. The van der Waals surface area contributed by atoms with Gasteiger partial charge in [-0.3, -0.25) is 0 Å². The Morgan fingerprint density at radius 1 is 1.31 bits per heavy atom. The molecule has 0 atom stereocenters. The molecule has 0 amide bonds. The minimum atomic E-state index is -0.646. The monoisotopic (exact) mass is 179 g/mol. The molecule has 5 heteroatoms. The number of halogens is 1. The number of hydrogen-bond donors (Lipinski definition) is 1. The first-order valence-electron chi connectivity index (χ1n) is 3.60. The van der Waals surface area contributed by atoms with E-state index in [9.17, 15) is 4.39 Å². The zero-order chi connectivity index (χ0) is 9.26. The summed E-state index contributed by atoms with van der Waals surface area (Å²) in [5.41, 5.74) is 5.81. The number of nitrogen functional groups attached to an aromatic ring is 1. The molecular formula is C8H6FN3O.